The van der Waals surface area contributed by atoms with Crippen LogP contribution in [0.5, 0.6) is 5.75 Å². The molecule has 5 heteroatoms. The minimum atomic E-state index is -0.128. The van der Waals surface area contributed by atoms with Crippen LogP contribution in [0.25, 0.3) is 11.3 Å². The molecule has 0 bridgehead atoms. The molecule has 1 fully saturated rings. The van der Waals surface area contributed by atoms with Crippen molar-refractivity contribution in [2.45, 2.75) is 72.3 Å². The van der Waals surface area contributed by atoms with Gasteiger partial charge in [0.15, 0.2) is 0 Å². The summed E-state index contributed by atoms with van der Waals surface area (Å²) in [5, 5.41) is 14.3. The molecule has 166 valence electrons. The van der Waals surface area contributed by atoms with Crippen LogP contribution in [0.3, 0.4) is 0 Å². The summed E-state index contributed by atoms with van der Waals surface area (Å²) in [5.41, 5.74) is 3.86. The summed E-state index contributed by atoms with van der Waals surface area (Å²) >= 11 is 1.75. The quantitative estimate of drug-likeness (QED) is 0.668. The summed E-state index contributed by atoms with van der Waals surface area (Å²) in [6.45, 7) is 21.9. The Morgan fingerprint density at radius 2 is 1.47 bits per heavy atom. The highest BCUT2D eigenvalue weighted by Gasteiger charge is 2.27. The molecule has 0 unspecified atom stereocenters. The summed E-state index contributed by atoms with van der Waals surface area (Å²) in [4.78, 5) is 10.1. The fourth-order valence-corrected chi connectivity index (χ4v) is 4.97. The van der Waals surface area contributed by atoms with Crippen LogP contribution in [-0.2, 0) is 17.4 Å². The number of phenolic OH excluding ortho intramolecular Hbond substituents is 1. The zero-order valence-corrected chi connectivity index (χ0v) is 20.7. The van der Waals surface area contributed by atoms with Crippen molar-refractivity contribution in [2.75, 3.05) is 32.7 Å². The van der Waals surface area contributed by atoms with E-state index in [0.29, 0.717) is 5.75 Å². The molecule has 0 amide bonds. The molecule has 3 rings (SSSR count). The van der Waals surface area contributed by atoms with Gasteiger partial charge >= 0.3 is 0 Å². The lowest BCUT2D eigenvalue weighted by atomic mass is 9.78. The van der Waals surface area contributed by atoms with Gasteiger partial charge in [0.1, 0.15) is 10.8 Å². The first-order chi connectivity index (χ1) is 14.0. The lowest BCUT2D eigenvalue weighted by Crippen LogP contribution is -2.45. The lowest BCUT2D eigenvalue weighted by Gasteiger charge is -2.34. The van der Waals surface area contributed by atoms with Crippen LogP contribution in [0.1, 0.15) is 71.0 Å². The lowest BCUT2D eigenvalue weighted by molar-refractivity contribution is 0.127. The summed E-state index contributed by atoms with van der Waals surface area (Å²) in [6, 6.07) is 4.26. The third kappa shape index (κ3) is 5.43. The van der Waals surface area contributed by atoms with Gasteiger partial charge in [-0.1, -0.05) is 48.5 Å². The van der Waals surface area contributed by atoms with Gasteiger partial charge in [-0.3, -0.25) is 4.90 Å². The minimum absolute atomic E-state index is 0.128. The van der Waals surface area contributed by atoms with Crippen LogP contribution >= 0.6 is 11.3 Å². The summed E-state index contributed by atoms with van der Waals surface area (Å²) in [5.74, 6) is 0.430. The third-order valence-corrected chi connectivity index (χ3v) is 6.77. The van der Waals surface area contributed by atoms with Crippen LogP contribution < -0.4 is 0 Å². The molecule has 4 nitrogen and oxygen atoms in total. The molecule has 1 aromatic carbocycles. The predicted octanol–water partition coefficient (Wildman–Crippen LogP) is 5.64. The van der Waals surface area contributed by atoms with E-state index in [1.165, 1.54) is 18.0 Å². The molecular weight excluding hydrogens is 390 g/mol. The molecule has 2 heterocycles. The van der Waals surface area contributed by atoms with Crippen LogP contribution in [0.2, 0.25) is 0 Å². The molecule has 2 aromatic rings. The van der Waals surface area contributed by atoms with Crippen molar-refractivity contribution in [3.8, 4) is 17.0 Å². The first kappa shape index (κ1) is 23.2. The van der Waals surface area contributed by atoms with E-state index in [1.54, 1.807) is 11.3 Å². The standard InChI is InChI=1S/C25H39N3OS/c1-8-9-27-10-12-28(13-11-27)16-22-26-21(17-30-22)18-14-19(24(2,3)4)23(29)20(15-18)25(5,6)7/h14-15,17,29H,8-13,16H2,1-7H3. The fraction of sp³-hybridized carbons (Fsp3) is 0.640. The second-order valence-corrected chi connectivity index (χ2v) is 11.6. The summed E-state index contributed by atoms with van der Waals surface area (Å²) in [6.07, 6.45) is 1.23. The van der Waals surface area contributed by atoms with Crippen LogP contribution in [0, 0.1) is 0 Å². The van der Waals surface area contributed by atoms with Gasteiger partial charge in [0.2, 0.25) is 0 Å². The normalized spacial score (nSPS) is 16.9. The Morgan fingerprint density at radius 1 is 0.933 bits per heavy atom. The number of piperazine rings is 1. The predicted molar refractivity (Wildman–Crippen MR) is 129 cm³/mol. The molecule has 0 aliphatic carbocycles. The highest BCUT2D eigenvalue weighted by Crippen LogP contribution is 2.42. The maximum absolute atomic E-state index is 11.0. The highest BCUT2D eigenvalue weighted by atomic mass is 32.1. The zero-order chi connectivity index (χ0) is 22.1. The molecule has 30 heavy (non-hydrogen) atoms. The molecule has 1 N–H and O–H groups in total. The first-order valence-corrected chi connectivity index (χ1v) is 12.1. The molecule has 0 radical (unpaired) electrons. The third-order valence-electron chi connectivity index (χ3n) is 5.94. The number of aromatic hydroxyl groups is 1. The van der Waals surface area contributed by atoms with E-state index in [9.17, 15) is 5.11 Å². The second-order valence-electron chi connectivity index (χ2n) is 10.7. The largest absolute Gasteiger partial charge is 0.507 e. The molecule has 0 spiro atoms. The Morgan fingerprint density at radius 3 is 1.97 bits per heavy atom. The van der Waals surface area contributed by atoms with Crippen LogP contribution in [0.4, 0.5) is 0 Å². The van der Waals surface area contributed by atoms with Crippen molar-refractivity contribution in [1.29, 1.82) is 0 Å². The molecule has 1 aliphatic heterocycles. The average Bonchev–Trinajstić information content (AvgIpc) is 3.10. The Labute approximate surface area is 186 Å². The molecule has 1 aliphatic rings. The number of aromatic nitrogens is 1. The average molecular weight is 430 g/mol. The molecule has 1 aromatic heterocycles. The van der Waals surface area contributed by atoms with Crippen molar-refractivity contribution < 1.29 is 5.11 Å². The molecule has 0 atom stereocenters. The number of rotatable bonds is 5. The van der Waals surface area contributed by atoms with Gasteiger partial charge in [0.05, 0.1) is 12.2 Å². The first-order valence-electron chi connectivity index (χ1n) is 11.3. The smallest absolute Gasteiger partial charge is 0.123 e. The van der Waals surface area contributed by atoms with E-state index in [0.717, 1.165) is 55.1 Å². The van der Waals surface area contributed by atoms with Crippen molar-refractivity contribution in [3.05, 3.63) is 33.6 Å². The van der Waals surface area contributed by atoms with Crippen molar-refractivity contribution >= 4 is 11.3 Å². The van der Waals surface area contributed by atoms with E-state index in [2.05, 4.69) is 75.8 Å². The second kappa shape index (κ2) is 8.97. The molecule has 1 saturated heterocycles. The van der Waals surface area contributed by atoms with E-state index < -0.39 is 0 Å². The topological polar surface area (TPSA) is 39.6 Å². The van der Waals surface area contributed by atoms with E-state index >= 15 is 0 Å². The number of nitrogens with zero attached hydrogens (tertiary/aromatic N) is 3. The maximum Gasteiger partial charge on any atom is 0.123 e. The van der Waals surface area contributed by atoms with Gasteiger partial charge < -0.3 is 10.0 Å². The Kier molecular flexibility index (Phi) is 6.95. The Balaban J connectivity index is 1.83. The molecular formula is C25H39N3OS. The fourth-order valence-electron chi connectivity index (χ4n) is 4.12. The monoisotopic (exact) mass is 429 g/mol. The number of hydrogen-bond donors (Lipinski definition) is 1. The maximum atomic E-state index is 11.0. The van der Waals surface area contributed by atoms with Crippen LogP contribution in [-0.4, -0.2) is 52.6 Å². The van der Waals surface area contributed by atoms with Crippen LogP contribution in [0.15, 0.2) is 17.5 Å². The minimum Gasteiger partial charge on any atom is -0.507 e. The van der Waals surface area contributed by atoms with Gasteiger partial charge in [-0.15, -0.1) is 11.3 Å². The Bertz CT molecular complexity index is 817. The zero-order valence-electron chi connectivity index (χ0n) is 19.9. The highest BCUT2D eigenvalue weighted by molar-refractivity contribution is 7.09. The Hall–Kier alpha value is -1.43. The number of thiazole rings is 1. The SMILES string of the molecule is CCCN1CCN(Cc2nc(-c3cc(C(C)(C)C)c(O)c(C(C)(C)C)c3)cs2)CC1. The van der Waals surface area contributed by atoms with E-state index in [4.69, 9.17) is 4.98 Å². The van der Waals surface area contributed by atoms with E-state index in [1.807, 2.05) is 0 Å². The van der Waals surface area contributed by atoms with Crippen molar-refractivity contribution in [2.24, 2.45) is 0 Å². The van der Waals surface area contributed by atoms with Gasteiger partial charge in [-0.2, -0.15) is 0 Å². The summed E-state index contributed by atoms with van der Waals surface area (Å²) in [7, 11) is 0. The van der Waals surface area contributed by atoms with Crippen molar-refractivity contribution in [1.82, 2.24) is 14.8 Å². The van der Waals surface area contributed by atoms with Crippen molar-refractivity contribution in [3.63, 3.8) is 0 Å². The van der Waals surface area contributed by atoms with E-state index in [-0.39, 0.29) is 10.8 Å². The van der Waals surface area contributed by atoms with Gasteiger partial charge in [-0.25, -0.2) is 4.98 Å². The number of benzene rings is 1. The van der Waals surface area contributed by atoms with Gasteiger partial charge in [-0.05, 0) is 35.9 Å². The number of hydrogen-bond acceptors (Lipinski definition) is 5. The number of phenols is 1. The summed E-state index contributed by atoms with van der Waals surface area (Å²) < 4.78 is 0. The molecule has 0 saturated carbocycles. The van der Waals surface area contributed by atoms with Gasteiger partial charge in [0, 0.05) is 48.2 Å². The van der Waals surface area contributed by atoms with Gasteiger partial charge in [0.25, 0.3) is 0 Å².